The molecule has 1 atom stereocenters. The number of ether oxygens (including phenoxy) is 1. The van der Waals surface area contributed by atoms with Gasteiger partial charge in [-0.3, -0.25) is 0 Å². The third-order valence-corrected chi connectivity index (χ3v) is 3.58. The van der Waals surface area contributed by atoms with E-state index >= 15 is 0 Å². The molecular weight excluding hydrogens is 284 g/mol. The summed E-state index contributed by atoms with van der Waals surface area (Å²) in [5, 5.41) is 17.4. The third-order valence-electron chi connectivity index (χ3n) is 3.58. The van der Waals surface area contributed by atoms with Crippen molar-refractivity contribution in [1.29, 1.82) is 0 Å². The molecule has 0 amide bonds. The first kappa shape index (κ1) is 18.2. The van der Waals surface area contributed by atoms with Crippen molar-refractivity contribution >= 4 is 11.9 Å². The van der Waals surface area contributed by atoms with Crippen molar-refractivity contribution in [3.8, 4) is 0 Å². The third kappa shape index (κ3) is 6.26. The highest BCUT2D eigenvalue weighted by molar-refractivity contribution is 5.96. The second-order valence-corrected chi connectivity index (χ2v) is 5.39. The van der Waals surface area contributed by atoms with E-state index in [-0.39, 0.29) is 16.7 Å². The number of carboxylic acids is 2. The molecule has 0 saturated carbocycles. The molecule has 122 valence electrons. The van der Waals surface area contributed by atoms with Crippen LogP contribution in [0.25, 0.3) is 0 Å². The monoisotopic (exact) mass is 308 g/mol. The van der Waals surface area contributed by atoms with Crippen molar-refractivity contribution in [2.75, 3.05) is 6.61 Å². The Morgan fingerprint density at radius 3 is 2.09 bits per heavy atom. The van der Waals surface area contributed by atoms with Gasteiger partial charge in [-0.25, -0.2) is 9.59 Å². The molecule has 2 rings (SSSR count). The topological polar surface area (TPSA) is 87.1 Å². The quantitative estimate of drug-likeness (QED) is 0.591. The Labute approximate surface area is 130 Å². The number of carboxylic acid groups (broad SMARTS) is 2. The van der Waals surface area contributed by atoms with Crippen LogP contribution in [0.4, 0.5) is 0 Å². The molecule has 1 unspecified atom stereocenters. The number of rotatable bonds is 7. The number of aromatic carboxylic acids is 2. The average molecular weight is 308 g/mol. The lowest BCUT2D eigenvalue weighted by Gasteiger charge is -2.03. The van der Waals surface area contributed by atoms with Crippen LogP contribution in [0.3, 0.4) is 0 Å². The van der Waals surface area contributed by atoms with Crippen molar-refractivity contribution in [2.24, 2.45) is 0 Å². The van der Waals surface area contributed by atoms with Gasteiger partial charge in [-0.1, -0.05) is 38.7 Å². The van der Waals surface area contributed by atoms with Crippen LogP contribution in [0.1, 0.15) is 65.3 Å². The van der Waals surface area contributed by atoms with Crippen LogP contribution in [-0.2, 0) is 4.74 Å². The standard InChI is InChI=1S/C9H8O4.C8H16O/c1-5-6(8(10)11)3-2-4-7(5)9(12)13;1-2-3-4-5-6-8-7-9-8/h2-4H,1H3,(H,10,11)(H,12,13);8H,2-7H2,1H3. The van der Waals surface area contributed by atoms with Gasteiger partial charge in [0.2, 0.25) is 0 Å². The fourth-order valence-corrected chi connectivity index (χ4v) is 2.13. The van der Waals surface area contributed by atoms with Crippen molar-refractivity contribution in [1.82, 2.24) is 0 Å². The minimum Gasteiger partial charge on any atom is -0.478 e. The van der Waals surface area contributed by atoms with E-state index in [0.717, 1.165) is 6.61 Å². The zero-order valence-electron chi connectivity index (χ0n) is 13.2. The Kier molecular flexibility index (Phi) is 7.60. The summed E-state index contributed by atoms with van der Waals surface area (Å²) in [4.78, 5) is 21.2. The first-order valence-electron chi connectivity index (χ1n) is 7.65. The van der Waals surface area contributed by atoms with Crippen LogP contribution in [0, 0.1) is 6.92 Å². The summed E-state index contributed by atoms with van der Waals surface area (Å²) in [5.41, 5.74) is 0.335. The Balaban J connectivity index is 0.000000235. The lowest BCUT2D eigenvalue weighted by molar-refractivity contribution is 0.0696. The van der Waals surface area contributed by atoms with Crippen molar-refractivity contribution in [3.63, 3.8) is 0 Å². The molecule has 0 radical (unpaired) electrons. The first-order valence-corrected chi connectivity index (χ1v) is 7.65. The Bertz CT molecular complexity index is 474. The van der Waals surface area contributed by atoms with Crippen LogP contribution < -0.4 is 0 Å². The minimum absolute atomic E-state index is 0.0277. The second kappa shape index (κ2) is 9.20. The van der Waals surface area contributed by atoms with Gasteiger partial charge in [-0.15, -0.1) is 0 Å². The summed E-state index contributed by atoms with van der Waals surface area (Å²) in [7, 11) is 0. The predicted molar refractivity (Wildman–Crippen MR) is 83.6 cm³/mol. The first-order chi connectivity index (χ1) is 10.5. The predicted octanol–water partition coefficient (Wildman–Crippen LogP) is 3.75. The zero-order chi connectivity index (χ0) is 16.5. The van der Waals surface area contributed by atoms with Gasteiger partial charge in [0.1, 0.15) is 0 Å². The molecule has 1 fully saturated rings. The van der Waals surface area contributed by atoms with Gasteiger partial charge < -0.3 is 14.9 Å². The molecule has 22 heavy (non-hydrogen) atoms. The van der Waals surface area contributed by atoms with Crippen LogP contribution in [0.2, 0.25) is 0 Å². The van der Waals surface area contributed by atoms with Crippen LogP contribution in [0.15, 0.2) is 18.2 Å². The van der Waals surface area contributed by atoms with Crippen molar-refractivity contribution < 1.29 is 24.5 Å². The highest BCUT2D eigenvalue weighted by Crippen LogP contribution is 2.17. The summed E-state index contributed by atoms with van der Waals surface area (Å²) in [5.74, 6) is -2.22. The zero-order valence-corrected chi connectivity index (χ0v) is 13.2. The maximum atomic E-state index is 10.6. The number of carbonyl (C=O) groups is 2. The lowest BCUT2D eigenvalue weighted by atomic mass is 10.0. The second-order valence-electron chi connectivity index (χ2n) is 5.39. The summed E-state index contributed by atoms with van der Waals surface area (Å²) < 4.78 is 5.09. The van der Waals surface area contributed by atoms with Crippen LogP contribution in [-0.4, -0.2) is 34.9 Å². The smallest absolute Gasteiger partial charge is 0.335 e. The van der Waals surface area contributed by atoms with E-state index < -0.39 is 11.9 Å². The van der Waals surface area contributed by atoms with E-state index in [4.69, 9.17) is 14.9 Å². The largest absolute Gasteiger partial charge is 0.478 e. The molecule has 1 aliphatic rings. The molecule has 1 saturated heterocycles. The molecule has 1 aliphatic heterocycles. The minimum atomic E-state index is -1.11. The fraction of sp³-hybridized carbons (Fsp3) is 0.529. The van der Waals surface area contributed by atoms with Gasteiger partial charge >= 0.3 is 11.9 Å². The molecule has 0 bridgehead atoms. The van der Waals surface area contributed by atoms with Gasteiger partial charge in [-0.2, -0.15) is 0 Å². The number of unbranched alkanes of at least 4 members (excludes halogenated alkanes) is 3. The number of hydrogen-bond acceptors (Lipinski definition) is 3. The van der Waals surface area contributed by atoms with Crippen molar-refractivity contribution in [3.05, 3.63) is 34.9 Å². The summed E-state index contributed by atoms with van der Waals surface area (Å²) >= 11 is 0. The molecular formula is C17H24O5. The number of hydrogen-bond donors (Lipinski definition) is 2. The highest BCUT2D eigenvalue weighted by atomic mass is 16.6. The fourth-order valence-electron chi connectivity index (χ4n) is 2.13. The van der Waals surface area contributed by atoms with E-state index in [1.54, 1.807) is 0 Å². The molecule has 1 heterocycles. The Morgan fingerprint density at radius 2 is 1.68 bits per heavy atom. The number of epoxide rings is 1. The average Bonchev–Trinajstić information content (AvgIpc) is 3.28. The van der Waals surface area contributed by atoms with E-state index in [1.807, 2.05) is 0 Å². The van der Waals surface area contributed by atoms with Gasteiger partial charge in [-0.05, 0) is 31.0 Å². The molecule has 5 heteroatoms. The molecule has 0 spiro atoms. The summed E-state index contributed by atoms with van der Waals surface area (Å²) in [6.07, 6.45) is 7.47. The van der Waals surface area contributed by atoms with Crippen LogP contribution in [0.5, 0.6) is 0 Å². The highest BCUT2D eigenvalue weighted by Gasteiger charge is 2.20. The van der Waals surface area contributed by atoms with Gasteiger partial charge in [0.25, 0.3) is 0 Å². The Morgan fingerprint density at radius 1 is 1.14 bits per heavy atom. The Hall–Kier alpha value is -1.88. The summed E-state index contributed by atoms with van der Waals surface area (Å²) in [6.45, 7) is 4.76. The molecule has 5 nitrogen and oxygen atoms in total. The van der Waals surface area contributed by atoms with Crippen LogP contribution >= 0.6 is 0 Å². The molecule has 0 aromatic heterocycles. The normalized spacial score (nSPS) is 15.6. The molecule has 2 N–H and O–H groups in total. The van der Waals surface area contributed by atoms with Crippen molar-refractivity contribution in [2.45, 2.75) is 52.1 Å². The molecule has 1 aromatic carbocycles. The van der Waals surface area contributed by atoms with E-state index in [0.29, 0.717) is 6.10 Å². The van der Waals surface area contributed by atoms with E-state index in [2.05, 4.69) is 6.92 Å². The number of benzene rings is 1. The molecule has 0 aliphatic carbocycles. The van der Waals surface area contributed by atoms with E-state index in [9.17, 15) is 9.59 Å². The van der Waals surface area contributed by atoms with E-state index in [1.165, 1.54) is 57.2 Å². The van der Waals surface area contributed by atoms with Gasteiger partial charge in [0.15, 0.2) is 0 Å². The van der Waals surface area contributed by atoms with Gasteiger partial charge in [0, 0.05) is 0 Å². The summed E-state index contributed by atoms with van der Waals surface area (Å²) in [6, 6.07) is 4.17. The van der Waals surface area contributed by atoms with Gasteiger partial charge in [0.05, 0.1) is 23.8 Å². The maximum Gasteiger partial charge on any atom is 0.335 e. The lowest BCUT2D eigenvalue weighted by Crippen LogP contribution is -2.06. The molecule has 1 aromatic rings. The SMILES string of the molecule is CCCCCCC1CO1.Cc1c(C(=O)O)cccc1C(=O)O. The maximum absolute atomic E-state index is 10.6.